The van der Waals surface area contributed by atoms with Crippen LogP contribution in [0, 0.1) is 5.92 Å². The van der Waals surface area contributed by atoms with Gasteiger partial charge in [0, 0.05) is 10.5 Å². The van der Waals surface area contributed by atoms with Crippen LogP contribution in [0.4, 0.5) is 0 Å². The number of hydrogen-bond acceptors (Lipinski definition) is 3. The van der Waals surface area contributed by atoms with Crippen molar-refractivity contribution in [2.45, 2.75) is 44.6 Å². The van der Waals surface area contributed by atoms with E-state index in [2.05, 4.69) is 27.3 Å². The molecule has 4 nitrogen and oxygen atoms in total. The van der Waals surface area contributed by atoms with Gasteiger partial charge in [-0.3, -0.25) is 4.79 Å². The van der Waals surface area contributed by atoms with Gasteiger partial charge in [-0.25, -0.2) is 0 Å². The standard InChI is InChI=1S/C17H24BrNO3/c1-22-16-11-14(18)7-4-12(16)3-2-10-19-15-8-5-13(6-9-15)17(20)21/h4,7,11,13,15,19H,2-3,5-6,8-10H2,1H3,(H,20,21). The third kappa shape index (κ3) is 4.99. The fourth-order valence-corrected chi connectivity index (χ4v) is 3.39. The molecular weight excluding hydrogens is 346 g/mol. The first kappa shape index (κ1) is 17.3. The Hall–Kier alpha value is -1.07. The van der Waals surface area contributed by atoms with Gasteiger partial charge in [0.2, 0.25) is 0 Å². The predicted molar refractivity (Wildman–Crippen MR) is 90.4 cm³/mol. The molecule has 122 valence electrons. The molecule has 1 aliphatic rings. The van der Waals surface area contributed by atoms with E-state index in [4.69, 9.17) is 9.84 Å². The summed E-state index contributed by atoms with van der Waals surface area (Å²) in [6.45, 7) is 0.960. The van der Waals surface area contributed by atoms with Gasteiger partial charge in [0.15, 0.2) is 0 Å². The summed E-state index contributed by atoms with van der Waals surface area (Å²) in [6.07, 6.45) is 5.57. The molecule has 2 rings (SSSR count). The van der Waals surface area contributed by atoms with Crippen LogP contribution in [-0.4, -0.2) is 30.8 Å². The van der Waals surface area contributed by atoms with Gasteiger partial charge in [0.05, 0.1) is 13.0 Å². The number of carboxylic acids is 1. The molecule has 0 spiro atoms. The minimum atomic E-state index is -0.638. The number of ether oxygens (including phenoxy) is 1. The minimum Gasteiger partial charge on any atom is -0.496 e. The number of hydrogen-bond donors (Lipinski definition) is 2. The van der Waals surface area contributed by atoms with Gasteiger partial charge in [0.1, 0.15) is 5.75 Å². The van der Waals surface area contributed by atoms with Crippen LogP contribution < -0.4 is 10.1 Å². The van der Waals surface area contributed by atoms with E-state index in [-0.39, 0.29) is 5.92 Å². The molecule has 0 radical (unpaired) electrons. The minimum absolute atomic E-state index is 0.134. The first-order chi connectivity index (χ1) is 10.6. The number of nitrogens with one attached hydrogen (secondary N) is 1. The van der Waals surface area contributed by atoms with Crippen molar-refractivity contribution in [3.63, 3.8) is 0 Å². The van der Waals surface area contributed by atoms with Gasteiger partial charge in [-0.15, -0.1) is 0 Å². The molecule has 1 aromatic rings. The van der Waals surface area contributed by atoms with Crippen molar-refractivity contribution in [1.82, 2.24) is 5.32 Å². The second kappa shape index (κ2) is 8.53. The summed E-state index contributed by atoms with van der Waals surface area (Å²) in [5, 5.41) is 12.6. The number of carbonyl (C=O) groups is 1. The molecule has 0 unspecified atom stereocenters. The Morgan fingerprint density at radius 1 is 1.36 bits per heavy atom. The van der Waals surface area contributed by atoms with Crippen molar-refractivity contribution in [3.8, 4) is 5.75 Å². The molecule has 1 saturated carbocycles. The summed E-state index contributed by atoms with van der Waals surface area (Å²) in [7, 11) is 1.70. The molecule has 0 bridgehead atoms. The van der Waals surface area contributed by atoms with Crippen LogP contribution in [0.1, 0.15) is 37.7 Å². The topological polar surface area (TPSA) is 58.6 Å². The molecule has 5 heteroatoms. The Labute approximate surface area is 140 Å². The maximum absolute atomic E-state index is 10.9. The van der Waals surface area contributed by atoms with E-state index in [1.165, 1.54) is 5.56 Å². The number of aryl methyl sites for hydroxylation is 1. The average Bonchev–Trinajstić information content (AvgIpc) is 2.53. The quantitative estimate of drug-likeness (QED) is 0.720. The van der Waals surface area contributed by atoms with Crippen molar-refractivity contribution >= 4 is 21.9 Å². The SMILES string of the molecule is COc1cc(Br)ccc1CCCNC1CCC(C(=O)O)CC1. The predicted octanol–water partition coefficient (Wildman–Crippen LogP) is 3.62. The zero-order valence-electron chi connectivity index (χ0n) is 13.0. The lowest BCUT2D eigenvalue weighted by Crippen LogP contribution is -2.35. The lowest BCUT2D eigenvalue weighted by atomic mass is 9.86. The highest BCUT2D eigenvalue weighted by molar-refractivity contribution is 9.10. The zero-order valence-corrected chi connectivity index (χ0v) is 14.6. The van der Waals surface area contributed by atoms with E-state index in [1.807, 2.05) is 12.1 Å². The fraction of sp³-hybridized carbons (Fsp3) is 0.588. The van der Waals surface area contributed by atoms with Gasteiger partial charge < -0.3 is 15.2 Å². The highest BCUT2D eigenvalue weighted by atomic mass is 79.9. The van der Waals surface area contributed by atoms with Crippen molar-refractivity contribution < 1.29 is 14.6 Å². The molecule has 0 saturated heterocycles. The second-order valence-electron chi connectivity index (χ2n) is 5.90. The van der Waals surface area contributed by atoms with E-state index in [1.54, 1.807) is 7.11 Å². The summed E-state index contributed by atoms with van der Waals surface area (Å²) in [4.78, 5) is 10.9. The van der Waals surface area contributed by atoms with E-state index < -0.39 is 5.97 Å². The number of aliphatic carboxylic acids is 1. The van der Waals surface area contributed by atoms with Crippen LogP contribution in [0.3, 0.4) is 0 Å². The van der Waals surface area contributed by atoms with Crippen LogP contribution in [0.2, 0.25) is 0 Å². The van der Waals surface area contributed by atoms with Gasteiger partial charge in [-0.2, -0.15) is 0 Å². The van der Waals surface area contributed by atoms with Gasteiger partial charge in [-0.1, -0.05) is 22.0 Å². The summed E-state index contributed by atoms with van der Waals surface area (Å²) in [5.74, 6) is 0.155. The molecule has 2 N–H and O–H groups in total. The largest absolute Gasteiger partial charge is 0.496 e. The monoisotopic (exact) mass is 369 g/mol. The lowest BCUT2D eigenvalue weighted by molar-refractivity contribution is -0.142. The molecule has 0 aliphatic heterocycles. The molecular formula is C17H24BrNO3. The molecule has 1 fully saturated rings. The Morgan fingerprint density at radius 3 is 2.73 bits per heavy atom. The third-order valence-corrected chi connectivity index (χ3v) is 4.87. The maximum atomic E-state index is 10.9. The third-order valence-electron chi connectivity index (χ3n) is 4.38. The maximum Gasteiger partial charge on any atom is 0.306 e. The van der Waals surface area contributed by atoms with E-state index >= 15 is 0 Å². The number of rotatable bonds is 7. The summed E-state index contributed by atoms with van der Waals surface area (Å²) >= 11 is 3.45. The van der Waals surface area contributed by atoms with E-state index in [0.29, 0.717) is 6.04 Å². The molecule has 0 heterocycles. The van der Waals surface area contributed by atoms with Crippen molar-refractivity contribution in [2.24, 2.45) is 5.92 Å². The molecule has 1 aromatic carbocycles. The first-order valence-electron chi connectivity index (χ1n) is 7.88. The van der Waals surface area contributed by atoms with Crippen molar-refractivity contribution in [3.05, 3.63) is 28.2 Å². The Kier molecular flexibility index (Phi) is 6.70. The van der Waals surface area contributed by atoms with Gasteiger partial charge in [0.25, 0.3) is 0 Å². The number of methoxy groups -OCH3 is 1. The van der Waals surface area contributed by atoms with E-state index in [9.17, 15) is 4.79 Å². The lowest BCUT2D eigenvalue weighted by Gasteiger charge is -2.27. The Bertz CT molecular complexity index is 499. The van der Waals surface area contributed by atoms with Gasteiger partial charge in [-0.05, 0) is 62.8 Å². The second-order valence-corrected chi connectivity index (χ2v) is 6.82. The summed E-state index contributed by atoms with van der Waals surface area (Å²) in [5.41, 5.74) is 1.22. The van der Waals surface area contributed by atoms with Crippen LogP contribution >= 0.6 is 15.9 Å². The van der Waals surface area contributed by atoms with Crippen LogP contribution in [0.5, 0.6) is 5.75 Å². The highest BCUT2D eigenvalue weighted by Crippen LogP contribution is 2.25. The van der Waals surface area contributed by atoms with Crippen LogP contribution in [-0.2, 0) is 11.2 Å². The normalized spacial score (nSPS) is 21.5. The Balaban J connectivity index is 1.69. The average molecular weight is 370 g/mol. The van der Waals surface area contributed by atoms with E-state index in [0.717, 1.165) is 55.3 Å². The smallest absolute Gasteiger partial charge is 0.306 e. The number of benzene rings is 1. The molecule has 0 aromatic heterocycles. The highest BCUT2D eigenvalue weighted by Gasteiger charge is 2.25. The van der Waals surface area contributed by atoms with Crippen LogP contribution in [0.15, 0.2) is 22.7 Å². The van der Waals surface area contributed by atoms with Crippen LogP contribution in [0.25, 0.3) is 0 Å². The molecule has 1 aliphatic carbocycles. The molecule has 0 amide bonds. The fourth-order valence-electron chi connectivity index (χ4n) is 3.05. The zero-order chi connectivity index (χ0) is 15.9. The molecule has 22 heavy (non-hydrogen) atoms. The summed E-state index contributed by atoms with van der Waals surface area (Å²) in [6, 6.07) is 6.61. The molecule has 0 atom stereocenters. The number of halogens is 1. The van der Waals surface area contributed by atoms with Crippen molar-refractivity contribution in [1.29, 1.82) is 0 Å². The van der Waals surface area contributed by atoms with Crippen molar-refractivity contribution in [2.75, 3.05) is 13.7 Å². The summed E-state index contributed by atoms with van der Waals surface area (Å²) < 4.78 is 6.43. The number of carboxylic acid groups (broad SMARTS) is 1. The van der Waals surface area contributed by atoms with Gasteiger partial charge >= 0.3 is 5.97 Å². The first-order valence-corrected chi connectivity index (χ1v) is 8.68. The Morgan fingerprint density at radius 2 is 2.09 bits per heavy atom.